The number of rotatable bonds is 7. The van der Waals surface area contributed by atoms with E-state index in [0.29, 0.717) is 33.2 Å². The molecular formula is C19H23Cl4N2NaO3. The molecule has 3 N–H and O–H groups in total. The van der Waals surface area contributed by atoms with E-state index in [2.05, 4.69) is 10.2 Å². The molecule has 0 spiro atoms. The van der Waals surface area contributed by atoms with Gasteiger partial charge < -0.3 is 25.6 Å². The van der Waals surface area contributed by atoms with Gasteiger partial charge in [0.2, 0.25) is 0 Å². The number of carboxylic acid groups (broad SMARTS) is 1. The molecule has 29 heavy (non-hydrogen) atoms. The molecule has 0 fully saturated rings. The van der Waals surface area contributed by atoms with E-state index in [0.717, 1.165) is 18.7 Å². The van der Waals surface area contributed by atoms with Gasteiger partial charge in [-0.25, -0.2) is 0 Å². The Hall–Kier alpha value is -0.210. The summed E-state index contributed by atoms with van der Waals surface area (Å²) in [5.74, 6) is 0.115. The molecule has 0 bridgehead atoms. The summed E-state index contributed by atoms with van der Waals surface area (Å²) >= 11 is 23.1. The average Bonchev–Trinajstić information content (AvgIpc) is 2.63. The fourth-order valence-electron chi connectivity index (χ4n) is 2.08. The first kappa shape index (κ1) is 31.0. The van der Waals surface area contributed by atoms with Crippen molar-refractivity contribution in [1.29, 1.82) is 0 Å². The molecule has 156 valence electrons. The molecule has 0 amide bonds. The largest absolute Gasteiger partial charge is 1.00 e. The first-order valence-corrected chi connectivity index (χ1v) is 9.96. The summed E-state index contributed by atoms with van der Waals surface area (Å²) in [6.07, 6.45) is 0. The second kappa shape index (κ2) is 16.5. The number of carbonyl (C=O) groups excluding carboxylic acids is 1. The first-order chi connectivity index (χ1) is 12.8. The monoisotopic (exact) mass is 490 g/mol. The molecule has 2 aromatic rings. The Kier molecular flexibility index (Phi) is 17.6. The van der Waals surface area contributed by atoms with Crippen molar-refractivity contribution in [1.82, 2.24) is 4.90 Å². The third kappa shape index (κ3) is 10.6. The molecule has 0 aliphatic rings. The number of alkyl halides is 2. The Morgan fingerprint density at radius 2 is 1.62 bits per heavy atom. The van der Waals surface area contributed by atoms with Crippen LogP contribution in [0.1, 0.15) is 15.9 Å². The Morgan fingerprint density at radius 3 is 2.14 bits per heavy atom. The molecule has 2 aromatic carbocycles. The van der Waals surface area contributed by atoms with Crippen LogP contribution in [-0.2, 0) is 0 Å². The van der Waals surface area contributed by atoms with Gasteiger partial charge in [-0.15, -0.1) is 23.2 Å². The summed E-state index contributed by atoms with van der Waals surface area (Å²) in [5.41, 5.74) is 1.77. The third-order valence-corrected chi connectivity index (χ3v) is 4.76. The third-order valence-electron chi connectivity index (χ3n) is 3.62. The number of aryl methyl sites for hydroxylation is 1. The van der Waals surface area contributed by atoms with Crippen LogP contribution in [0.5, 0.6) is 0 Å². The predicted molar refractivity (Wildman–Crippen MR) is 118 cm³/mol. The molecule has 0 radical (unpaired) electrons. The van der Waals surface area contributed by atoms with Crippen LogP contribution in [0.15, 0.2) is 36.4 Å². The summed E-state index contributed by atoms with van der Waals surface area (Å²) in [5, 5.41) is 14.9. The summed E-state index contributed by atoms with van der Waals surface area (Å²) in [6.45, 7) is 3.69. The first-order valence-electron chi connectivity index (χ1n) is 8.14. The van der Waals surface area contributed by atoms with Crippen LogP contribution in [0, 0.1) is 6.92 Å². The van der Waals surface area contributed by atoms with Crippen molar-refractivity contribution in [3.05, 3.63) is 57.6 Å². The van der Waals surface area contributed by atoms with Gasteiger partial charge in [0.15, 0.2) is 0 Å². The normalized spacial score (nSPS) is 9.62. The molecule has 0 unspecified atom stereocenters. The molecule has 10 heteroatoms. The standard InChI is InChI=1S/C14H11Cl2NO2.C5H11Cl2N.Na.H2O/c1-8-6-7-10(15)13(12(8)16)17-11-5-3-2-4-9(11)14(18)19;1-8(4-2-6)5-3-7;;/h2-7,17H,1H3,(H,18,19);2-5H2,1H3;;1H2/q;;+1;/p-1. The average molecular weight is 492 g/mol. The van der Waals surface area contributed by atoms with Crippen molar-refractivity contribution in [2.24, 2.45) is 0 Å². The van der Waals surface area contributed by atoms with E-state index >= 15 is 0 Å². The van der Waals surface area contributed by atoms with Crippen LogP contribution in [0.2, 0.25) is 10.0 Å². The zero-order valence-electron chi connectivity index (χ0n) is 16.6. The number of nitrogens with one attached hydrogen (secondary N) is 1. The maximum Gasteiger partial charge on any atom is 1.00 e. The minimum absolute atomic E-state index is 0. The van der Waals surface area contributed by atoms with Crippen molar-refractivity contribution < 1.29 is 44.9 Å². The van der Waals surface area contributed by atoms with Crippen LogP contribution in [0.25, 0.3) is 0 Å². The van der Waals surface area contributed by atoms with E-state index in [1.165, 1.54) is 6.07 Å². The van der Waals surface area contributed by atoms with E-state index in [1.54, 1.807) is 30.3 Å². The summed E-state index contributed by atoms with van der Waals surface area (Å²) in [7, 11) is 2.00. The number of benzene rings is 2. The van der Waals surface area contributed by atoms with Gasteiger partial charge >= 0.3 is 29.6 Å². The van der Waals surface area contributed by atoms with Gasteiger partial charge in [0.1, 0.15) is 0 Å². The molecule has 0 saturated heterocycles. The van der Waals surface area contributed by atoms with E-state index in [4.69, 9.17) is 46.4 Å². The molecular weight excluding hydrogens is 469 g/mol. The number of nitrogens with zero attached hydrogens (tertiary/aromatic N) is 1. The number of hydrogen-bond donors (Lipinski definition) is 1. The molecule has 0 heterocycles. The summed E-state index contributed by atoms with van der Waals surface area (Å²) in [4.78, 5) is 13.1. The number of carboxylic acids is 1. The van der Waals surface area contributed by atoms with Crippen LogP contribution >= 0.6 is 46.4 Å². The number of carbonyl (C=O) groups is 1. The van der Waals surface area contributed by atoms with E-state index in [9.17, 15) is 9.90 Å². The topological polar surface area (TPSA) is 86.9 Å². The quantitative estimate of drug-likeness (QED) is 0.462. The molecule has 0 aromatic heterocycles. The summed E-state index contributed by atoms with van der Waals surface area (Å²) in [6, 6.07) is 9.91. The van der Waals surface area contributed by atoms with E-state index in [1.807, 2.05) is 14.0 Å². The van der Waals surface area contributed by atoms with Crippen molar-refractivity contribution in [3.63, 3.8) is 0 Å². The summed E-state index contributed by atoms with van der Waals surface area (Å²) < 4.78 is 0. The second-order valence-electron chi connectivity index (χ2n) is 5.69. The number of halogens is 4. The van der Waals surface area contributed by atoms with Crippen molar-refractivity contribution in [2.75, 3.05) is 37.2 Å². The van der Waals surface area contributed by atoms with Crippen LogP contribution < -0.4 is 40.0 Å². The number of para-hydroxylation sites is 1. The van der Waals surface area contributed by atoms with Crippen molar-refractivity contribution >= 4 is 63.7 Å². The van der Waals surface area contributed by atoms with E-state index in [-0.39, 0.29) is 40.6 Å². The molecule has 0 aliphatic carbocycles. The zero-order chi connectivity index (χ0) is 20.4. The second-order valence-corrected chi connectivity index (χ2v) is 7.23. The van der Waals surface area contributed by atoms with Crippen molar-refractivity contribution in [2.45, 2.75) is 6.92 Å². The van der Waals surface area contributed by atoms with Crippen LogP contribution in [0.4, 0.5) is 11.4 Å². The molecule has 0 aliphatic heterocycles. The van der Waals surface area contributed by atoms with Gasteiger partial charge in [-0.3, -0.25) is 0 Å². The van der Waals surface area contributed by atoms with Crippen LogP contribution in [-0.4, -0.2) is 48.2 Å². The fraction of sp³-hybridized carbons (Fsp3) is 0.316. The Morgan fingerprint density at radius 1 is 1.07 bits per heavy atom. The molecule has 5 nitrogen and oxygen atoms in total. The minimum atomic E-state index is -1.26. The number of anilines is 2. The zero-order valence-corrected chi connectivity index (χ0v) is 21.6. The van der Waals surface area contributed by atoms with Gasteiger partial charge in [0, 0.05) is 36.1 Å². The Labute approximate surface area is 213 Å². The molecule has 2 rings (SSSR count). The smallest absolute Gasteiger partial charge is 0.545 e. The molecule has 0 atom stereocenters. The number of aromatic carboxylic acids is 1. The van der Waals surface area contributed by atoms with Gasteiger partial charge in [-0.1, -0.05) is 47.5 Å². The van der Waals surface area contributed by atoms with Gasteiger partial charge in [-0.05, 0) is 31.7 Å². The SMILES string of the molecule is CN(CCCl)CCCl.Cc1ccc(Cl)c(Nc2ccccc2C(=O)[O-])c1Cl.O.[Na+]. The van der Waals surface area contributed by atoms with Crippen molar-refractivity contribution in [3.8, 4) is 0 Å². The molecule has 0 saturated carbocycles. The Balaban J connectivity index is 0. The fourth-order valence-corrected chi connectivity index (χ4v) is 3.12. The van der Waals surface area contributed by atoms with Gasteiger partial charge in [-0.2, -0.15) is 0 Å². The number of hydrogen-bond acceptors (Lipinski definition) is 4. The minimum Gasteiger partial charge on any atom is -0.545 e. The van der Waals surface area contributed by atoms with Gasteiger partial charge in [0.25, 0.3) is 0 Å². The van der Waals surface area contributed by atoms with Crippen LogP contribution in [0.3, 0.4) is 0 Å². The van der Waals surface area contributed by atoms with Gasteiger partial charge in [0.05, 0.1) is 21.7 Å². The van der Waals surface area contributed by atoms with E-state index < -0.39 is 5.97 Å². The predicted octanol–water partition coefficient (Wildman–Crippen LogP) is 0.984. The maximum atomic E-state index is 11.0. The Bertz CT molecular complexity index is 760. The maximum absolute atomic E-state index is 11.0.